The summed E-state index contributed by atoms with van der Waals surface area (Å²) in [5, 5.41) is 7.95. The van der Waals surface area contributed by atoms with E-state index in [1.54, 1.807) is 23.5 Å². The van der Waals surface area contributed by atoms with Gasteiger partial charge in [-0.3, -0.25) is 9.69 Å². The molecule has 1 N–H and O–H groups in total. The number of hydrogen-bond acceptors (Lipinski definition) is 5. The van der Waals surface area contributed by atoms with Crippen LogP contribution in [0.2, 0.25) is 10.0 Å². The number of thiophene rings is 1. The zero-order valence-electron chi connectivity index (χ0n) is 15.5. The predicted octanol–water partition coefficient (Wildman–Crippen LogP) is 5.15. The molecule has 0 bridgehead atoms. The van der Waals surface area contributed by atoms with Crippen LogP contribution >= 0.6 is 46.3 Å². The van der Waals surface area contributed by atoms with Gasteiger partial charge in [-0.15, -0.1) is 11.3 Å². The smallest absolute Gasteiger partial charge is 0.262 e. The normalized spacial score (nSPS) is 22.2. The first kappa shape index (κ1) is 20.2. The fourth-order valence-corrected chi connectivity index (χ4v) is 6.14. The highest BCUT2D eigenvalue weighted by atomic mass is 35.5. The highest BCUT2D eigenvalue weighted by Gasteiger charge is 2.32. The molecule has 0 spiro atoms. The lowest BCUT2D eigenvalue weighted by molar-refractivity contribution is -0.127. The summed E-state index contributed by atoms with van der Waals surface area (Å²) in [4.78, 5) is 16.8. The van der Waals surface area contributed by atoms with E-state index in [9.17, 15) is 4.79 Å². The molecule has 3 heterocycles. The molecule has 1 aromatic carbocycles. The molecule has 4 rings (SSSR count). The number of thioether (sulfide) groups is 1. The fraction of sp³-hybridized carbons (Fsp3) is 0.400. The maximum Gasteiger partial charge on any atom is 0.262 e. The second-order valence-electron chi connectivity index (χ2n) is 7.00. The minimum absolute atomic E-state index is 0.153. The van der Waals surface area contributed by atoms with Gasteiger partial charge in [-0.25, -0.2) is 5.43 Å². The Kier molecular flexibility index (Phi) is 6.33. The first-order valence-corrected chi connectivity index (χ1v) is 11.9. The number of nitrogens with one attached hydrogen (secondary N) is 1. The van der Waals surface area contributed by atoms with Crippen LogP contribution in [-0.4, -0.2) is 34.1 Å². The van der Waals surface area contributed by atoms with Gasteiger partial charge < -0.3 is 0 Å². The molecule has 0 aliphatic carbocycles. The van der Waals surface area contributed by atoms with Gasteiger partial charge in [-0.1, -0.05) is 29.3 Å². The Morgan fingerprint density at radius 3 is 2.93 bits per heavy atom. The first-order valence-electron chi connectivity index (χ1n) is 9.25. The van der Waals surface area contributed by atoms with Crippen molar-refractivity contribution in [1.29, 1.82) is 0 Å². The van der Waals surface area contributed by atoms with E-state index in [-0.39, 0.29) is 5.91 Å². The Morgan fingerprint density at radius 2 is 2.18 bits per heavy atom. The van der Waals surface area contributed by atoms with Gasteiger partial charge in [0.05, 0.1) is 5.71 Å². The molecular weight excluding hydrogens is 433 g/mol. The summed E-state index contributed by atoms with van der Waals surface area (Å²) in [5.41, 5.74) is 5.90. The number of fused-ring (bicyclic) bond motifs is 1. The zero-order valence-corrected chi connectivity index (χ0v) is 18.6. The SMILES string of the molecule is CC1SCC/C1=N\NC(=O)C(c1ccc(Cl)cc1Cl)N1CCc2sccc2C1. The van der Waals surface area contributed by atoms with Crippen LogP contribution in [0.1, 0.15) is 35.4 Å². The number of amides is 1. The first-order chi connectivity index (χ1) is 13.5. The van der Waals surface area contributed by atoms with Crippen molar-refractivity contribution >= 4 is 57.9 Å². The molecule has 4 nitrogen and oxygen atoms in total. The summed E-state index contributed by atoms with van der Waals surface area (Å²) >= 11 is 16.2. The van der Waals surface area contributed by atoms with Gasteiger partial charge in [-0.2, -0.15) is 16.9 Å². The van der Waals surface area contributed by atoms with Crippen molar-refractivity contribution in [2.45, 2.75) is 37.6 Å². The number of hydrogen-bond donors (Lipinski definition) is 1. The molecule has 1 aromatic heterocycles. The van der Waals surface area contributed by atoms with Gasteiger partial charge in [-0.05, 0) is 60.2 Å². The Labute approximate surface area is 183 Å². The van der Waals surface area contributed by atoms with Crippen LogP contribution in [-0.2, 0) is 17.8 Å². The highest BCUT2D eigenvalue weighted by molar-refractivity contribution is 8.01. The number of carbonyl (C=O) groups excluding carboxylic acids is 1. The van der Waals surface area contributed by atoms with E-state index in [2.05, 4.69) is 33.8 Å². The van der Waals surface area contributed by atoms with E-state index in [4.69, 9.17) is 23.2 Å². The second kappa shape index (κ2) is 8.76. The van der Waals surface area contributed by atoms with Crippen molar-refractivity contribution in [2.24, 2.45) is 5.10 Å². The topological polar surface area (TPSA) is 44.7 Å². The lowest BCUT2D eigenvalue weighted by atomic mass is 10.0. The van der Waals surface area contributed by atoms with Crippen molar-refractivity contribution in [3.63, 3.8) is 0 Å². The molecule has 28 heavy (non-hydrogen) atoms. The molecule has 2 atom stereocenters. The van der Waals surface area contributed by atoms with Crippen molar-refractivity contribution in [1.82, 2.24) is 10.3 Å². The van der Waals surface area contributed by atoms with Crippen LogP contribution in [0.15, 0.2) is 34.7 Å². The van der Waals surface area contributed by atoms with Crippen LogP contribution in [0.3, 0.4) is 0 Å². The molecule has 0 radical (unpaired) electrons. The average Bonchev–Trinajstić information content (AvgIpc) is 3.30. The van der Waals surface area contributed by atoms with Crippen LogP contribution < -0.4 is 5.43 Å². The number of halogens is 2. The lowest BCUT2D eigenvalue weighted by Crippen LogP contribution is -2.41. The van der Waals surface area contributed by atoms with Crippen molar-refractivity contribution < 1.29 is 4.79 Å². The largest absolute Gasteiger partial charge is 0.283 e. The monoisotopic (exact) mass is 453 g/mol. The van der Waals surface area contributed by atoms with Crippen molar-refractivity contribution in [3.8, 4) is 0 Å². The highest BCUT2D eigenvalue weighted by Crippen LogP contribution is 2.34. The van der Waals surface area contributed by atoms with E-state index in [1.165, 1.54) is 10.4 Å². The van der Waals surface area contributed by atoms with Crippen molar-refractivity contribution in [2.75, 3.05) is 12.3 Å². The number of carbonyl (C=O) groups is 1. The lowest BCUT2D eigenvalue weighted by Gasteiger charge is -2.34. The number of nitrogens with zero attached hydrogens (tertiary/aromatic N) is 2. The summed E-state index contributed by atoms with van der Waals surface area (Å²) in [5.74, 6) is 0.898. The molecule has 148 valence electrons. The third kappa shape index (κ3) is 4.26. The predicted molar refractivity (Wildman–Crippen MR) is 120 cm³/mol. The van der Waals surface area contributed by atoms with Crippen LogP contribution in [0.25, 0.3) is 0 Å². The quantitative estimate of drug-likeness (QED) is 0.650. The number of rotatable bonds is 4. The minimum Gasteiger partial charge on any atom is -0.283 e. The average molecular weight is 454 g/mol. The minimum atomic E-state index is -0.508. The van der Waals surface area contributed by atoms with Crippen LogP contribution in [0.5, 0.6) is 0 Å². The Balaban J connectivity index is 1.62. The summed E-state index contributed by atoms with van der Waals surface area (Å²) in [6, 6.07) is 6.96. The molecule has 2 aliphatic heterocycles. The summed E-state index contributed by atoms with van der Waals surface area (Å²) < 4.78 is 0. The van der Waals surface area contributed by atoms with Crippen LogP contribution in [0.4, 0.5) is 0 Å². The third-order valence-corrected chi connectivity index (χ3v) is 8.01. The maximum absolute atomic E-state index is 13.2. The van der Waals surface area contributed by atoms with Gasteiger partial charge in [0, 0.05) is 33.3 Å². The molecule has 0 saturated carbocycles. The van der Waals surface area contributed by atoms with Gasteiger partial charge in [0.25, 0.3) is 5.91 Å². The van der Waals surface area contributed by atoms with Gasteiger partial charge in [0.15, 0.2) is 0 Å². The standard InChI is InChI=1S/C20H21Cl2N3OS2/c1-12-17(6-9-27-12)23-24-20(26)19(15-3-2-14(21)10-16(15)22)25-7-4-18-13(11-25)5-8-28-18/h2-3,5,8,10,12,19H,4,6-7,9,11H2,1H3,(H,24,26)/b23-17+. The maximum atomic E-state index is 13.2. The summed E-state index contributed by atoms with van der Waals surface area (Å²) in [6.07, 6.45) is 1.85. The summed E-state index contributed by atoms with van der Waals surface area (Å²) in [7, 11) is 0. The Hall–Kier alpha value is -1.05. The molecule has 1 amide bonds. The molecule has 8 heteroatoms. The second-order valence-corrected chi connectivity index (χ2v) is 10.3. The van der Waals surface area contributed by atoms with E-state index < -0.39 is 6.04 Å². The molecular formula is C20H21Cl2N3OS2. The third-order valence-electron chi connectivity index (χ3n) is 5.21. The van der Waals surface area contributed by atoms with E-state index in [1.807, 2.05) is 17.8 Å². The summed E-state index contributed by atoms with van der Waals surface area (Å²) in [6.45, 7) is 3.64. The Morgan fingerprint density at radius 1 is 1.32 bits per heavy atom. The van der Waals surface area contributed by atoms with Gasteiger partial charge >= 0.3 is 0 Å². The van der Waals surface area contributed by atoms with Gasteiger partial charge in [0.1, 0.15) is 6.04 Å². The Bertz CT molecular complexity index is 915. The number of hydrazone groups is 1. The molecule has 2 unspecified atom stereocenters. The van der Waals surface area contributed by atoms with E-state index in [0.717, 1.165) is 43.0 Å². The van der Waals surface area contributed by atoms with Gasteiger partial charge in [0.2, 0.25) is 0 Å². The van der Waals surface area contributed by atoms with E-state index >= 15 is 0 Å². The zero-order chi connectivity index (χ0) is 19.7. The molecule has 2 aromatic rings. The molecule has 1 fully saturated rings. The van der Waals surface area contributed by atoms with E-state index in [0.29, 0.717) is 15.3 Å². The fourth-order valence-electron chi connectivity index (χ4n) is 3.69. The van der Waals surface area contributed by atoms with Crippen molar-refractivity contribution in [3.05, 3.63) is 55.7 Å². The molecule has 1 saturated heterocycles. The van der Waals surface area contributed by atoms with Crippen LogP contribution in [0, 0.1) is 0 Å². The molecule has 2 aliphatic rings. The number of benzene rings is 1.